The molecule has 0 aromatic rings. The molecule has 0 saturated heterocycles. The van der Waals surface area contributed by atoms with E-state index in [4.69, 9.17) is 9.47 Å². The van der Waals surface area contributed by atoms with E-state index < -0.39 is 11.7 Å². The summed E-state index contributed by atoms with van der Waals surface area (Å²) in [6, 6.07) is 0. The number of halogens is 2. The molecular formula is C25H38F2O2. The zero-order chi connectivity index (χ0) is 21.2. The van der Waals surface area contributed by atoms with Crippen molar-refractivity contribution in [1.29, 1.82) is 0 Å². The van der Waals surface area contributed by atoms with E-state index in [1.807, 2.05) is 6.08 Å². The molecule has 0 heterocycles. The van der Waals surface area contributed by atoms with Gasteiger partial charge in [-0.25, -0.2) is 0 Å². The standard InChI is InChI=1S/C25H38F2O2/c1-5-7-8-20-9-13-22(14-10-20)23-15-11-21(12-16-23)17-29-19(4)25(27)24(26)18(3)28-6-2/h5,20-23H,1,3-4,6-17H2,2H3/b25-24-. The van der Waals surface area contributed by atoms with E-state index in [1.54, 1.807) is 6.92 Å². The first-order valence-corrected chi connectivity index (χ1v) is 11.3. The Morgan fingerprint density at radius 2 is 1.31 bits per heavy atom. The van der Waals surface area contributed by atoms with Gasteiger partial charge in [0.25, 0.3) is 0 Å². The van der Waals surface area contributed by atoms with E-state index in [9.17, 15) is 8.78 Å². The van der Waals surface area contributed by atoms with Gasteiger partial charge < -0.3 is 9.47 Å². The van der Waals surface area contributed by atoms with Crippen LogP contribution in [0.25, 0.3) is 0 Å². The molecule has 2 rings (SSSR count). The van der Waals surface area contributed by atoms with Crippen molar-refractivity contribution in [3.05, 3.63) is 49.0 Å². The maximum absolute atomic E-state index is 14.1. The molecule has 0 aliphatic heterocycles. The summed E-state index contributed by atoms with van der Waals surface area (Å²) in [5.41, 5.74) is 0. The van der Waals surface area contributed by atoms with Crippen LogP contribution in [0.2, 0.25) is 0 Å². The predicted octanol–water partition coefficient (Wildman–Crippen LogP) is 7.80. The van der Waals surface area contributed by atoms with Crippen LogP contribution in [0.1, 0.15) is 71.1 Å². The Hall–Kier alpha value is -1.58. The third-order valence-electron chi connectivity index (χ3n) is 6.72. The van der Waals surface area contributed by atoms with Gasteiger partial charge in [0, 0.05) is 0 Å². The fraction of sp³-hybridized carbons (Fsp3) is 0.680. The van der Waals surface area contributed by atoms with Crippen LogP contribution in [0.3, 0.4) is 0 Å². The Kier molecular flexibility index (Phi) is 9.96. The van der Waals surface area contributed by atoms with Crippen LogP contribution in [0.4, 0.5) is 8.78 Å². The Balaban J connectivity index is 1.69. The average molecular weight is 409 g/mol. The molecule has 2 aliphatic carbocycles. The van der Waals surface area contributed by atoms with Gasteiger partial charge in [0.1, 0.15) is 0 Å². The molecule has 2 fully saturated rings. The van der Waals surface area contributed by atoms with Crippen LogP contribution < -0.4 is 0 Å². The smallest absolute Gasteiger partial charge is 0.203 e. The van der Waals surface area contributed by atoms with Gasteiger partial charge in [-0.15, -0.1) is 6.58 Å². The van der Waals surface area contributed by atoms with Gasteiger partial charge in [-0.1, -0.05) is 32.1 Å². The largest absolute Gasteiger partial charge is 0.491 e. The van der Waals surface area contributed by atoms with E-state index in [-0.39, 0.29) is 18.1 Å². The average Bonchev–Trinajstić information content (AvgIpc) is 2.75. The van der Waals surface area contributed by atoms with Crippen molar-refractivity contribution >= 4 is 0 Å². The Labute approximate surface area is 175 Å². The molecule has 0 aromatic heterocycles. The molecule has 164 valence electrons. The van der Waals surface area contributed by atoms with Crippen LogP contribution in [0.5, 0.6) is 0 Å². The van der Waals surface area contributed by atoms with Crippen molar-refractivity contribution in [3.63, 3.8) is 0 Å². The maximum Gasteiger partial charge on any atom is 0.203 e. The van der Waals surface area contributed by atoms with Gasteiger partial charge in [0.2, 0.25) is 11.7 Å². The molecule has 4 heteroatoms. The lowest BCUT2D eigenvalue weighted by Gasteiger charge is -2.37. The fourth-order valence-corrected chi connectivity index (χ4v) is 4.89. The van der Waals surface area contributed by atoms with Crippen LogP contribution in [-0.4, -0.2) is 13.2 Å². The van der Waals surface area contributed by atoms with Crippen LogP contribution in [-0.2, 0) is 9.47 Å². The lowest BCUT2D eigenvalue weighted by atomic mass is 9.69. The van der Waals surface area contributed by atoms with Gasteiger partial charge in [-0.3, -0.25) is 0 Å². The molecule has 0 bridgehead atoms. The fourth-order valence-electron chi connectivity index (χ4n) is 4.89. The molecule has 2 saturated carbocycles. The van der Waals surface area contributed by atoms with Crippen LogP contribution in [0, 0.1) is 23.7 Å². The second-order valence-electron chi connectivity index (χ2n) is 8.65. The highest BCUT2D eigenvalue weighted by molar-refractivity contribution is 5.29. The number of hydrogen-bond acceptors (Lipinski definition) is 2. The first kappa shape index (κ1) is 23.7. The summed E-state index contributed by atoms with van der Waals surface area (Å²) in [7, 11) is 0. The summed E-state index contributed by atoms with van der Waals surface area (Å²) in [4.78, 5) is 0. The molecule has 0 spiro atoms. The van der Waals surface area contributed by atoms with Crippen molar-refractivity contribution in [3.8, 4) is 0 Å². The van der Waals surface area contributed by atoms with E-state index >= 15 is 0 Å². The Morgan fingerprint density at radius 1 is 0.828 bits per heavy atom. The quantitative estimate of drug-likeness (QED) is 0.197. The van der Waals surface area contributed by atoms with Gasteiger partial charge in [0.15, 0.2) is 11.5 Å². The minimum absolute atomic E-state index is 0.229. The summed E-state index contributed by atoms with van der Waals surface area (Å²) in [5, 5.41) is 0. The van der Waals surface area contributed by atoms with Gasteiger partial charge in [-0.05, 0) is 82.0 Å². The van der Waals surface area contributed by atoms with E-state index in [2.05, 4.69) is 19.7 Å². The summed E-state index contributed by atoms with van der Waals surface area (Å²) in [6.45, 7) is 13.0. The van der Waals surface area contributed by atoms with E-state index in [1.165, 1.54) is 44.9 Å². The predicted molar refractivity (Wildman–Crippen MR) is 115 cm³/mol. The molecule has 0 radical (unpaired) electrons. The number of rotatable bonds is 11. The molecule has 2 aliphatic rings. The second kappa shape index (κ2) is 12.2. The van der Waals surface area contributed by atoms with E-state index in [0.29, 0.717) is 12.5 Å². The van der Waals surface area contributed by atoms with Crippen molar-refractivity contribution in [2.45, 2.75) is 71.1 Å². The minimum Gasteiger partial charge on any atom is -0.491 e. The minimum atomic E-state index is -1.13. The zero-order valence-electron chi connectivity index (χ0n) is 18.1. The number of hydrogen-bond donors (Lipinski definition) is 0. The zero-order valence-corrected chi connectivity index (χ0v) is 18.1. The number of ether oxygens (including phenoxy) is 2. The SMILES string of the molecule is C=CCCC1CCC(C2CCC(COC(=C)/C(F)=C(/F)C(=C)OCC)CC2)CC1. The van der Waals surface area contributed by atoms with Crippen LogP contribution in [0.15, 0.2) is 49.0 Å². The summed E-state index contributed by atoms with van der Waals surface area (Å²) >= 11 is 0. The molecule has 2 nitrogen and oxygen atoms in total. The second-order valence-corrected chi connectivity index (χ2v) is 8.65. The van der Waals surface area contributed by atoms with Crippen LogP contribution >= 0.6 is 0 Å². The molecular weight excluding hydrogens is 370 g/mol. The summed E-state index contributed by atoms with van der Waals surface area (Å²) in [5.74, 6) is 0.108. The topological polar surface area (TPSA) is 18.5 Å². The van der Waals surface area contributed by atoms with Gasteiger partial charge >= 0.3 is 0 Å². The highest BCUT2D eigenvalue weighted by atomic mass is 19.2. The molecule has 0 N–H and O–H groups in total. The van der Waals surface area contributed by atoms with Crippen molar-refractivity contribution in [2.24, 2.45) is 23.7 Å². The normalized spacial score (nSPS) is 28.2. The summed E-state index contributed by atoms with van der Waals surface area (Å²) < 4.78 is 38.3. The highest BCUT2D eigenvalue weighted by Gasteiger charge is 2.31. The van der Waals surface area contributed by atoms with Crippen molar-refractivity contribution < 1.29 is 18.3 Å². The Morgan fingerprint density at radius 3 is 1.79 bits per heavy atom. The number of allylic oxidation sites excluding steroid dienone is 3. The highest BCUT2D eigenvalue weighted by Crippen LogP contribution is 2.42. The lowest BCUT2D eigenvalue weighted by Crippen LogP contribution is -2.27. The monoisotopic (exact) mass is 408 g/mol. The van der Waals surface area contributed by atoms with Crippen molar-refractivity contribution in [1.82, 2.24) is 0 Å². The van der Waals surface area contributed by atoms with E-state index in [0.717, 1.165) is 37.0 Å². The van der Waals surface area contributed by atoms with Gasteiger partial charge in [-0.2, -0.15) is 8.78 Å². The molecule has 29 heavy (non-hydrogen) atoms. The first-order valence-electron chi connectivity index (χ1n) is 11.3. The third-order valence-corrected chi connectivity index (χ3v) is 6.72. The third kappa shape index (κ3) is 7.31. The van der Waals surface area contributed by atoms with Crippen molar-refractivity contribution in [2.75, 3.05) is 13.2 Å². The lowest BCUT2D eigenvalue weighted by molar-refractivity contribution is 0.0978. The maximum atomic E-state index is 14.1. The first-order chi connectivity index (χ1) is 14.0. The molecule has 0 atom stereocenters. The van der Waals surface area contributed by atoms with Gasteiger partial charge in [0.05, 0.1) is 13.2 Å². The molecule has 0 amide bonds. The Bertz CT molecular complexity index is 580. The molecule has 0 aromatic carbocycles. The summed E-state index contributed by atoms with van der Waals surface area (Å²) in [6.07, 6.45) is 14.6. The molecule has 0 unspecified atom stereocenters.